The normalized spacial score (nSPS) is 12.5. The van der Waals surface area contributed by atoms with Gasteiger partial charge in [0, 0.05) is 22.3 Å². The lowest BCUT2D eigenvalue weighted by Gasteiger charge is -2.23. The average molecular weight is 345 g/mol. The number of hydrogen-bond donors (Lipinski definition) is 2. The number of hydrogen-bond acceptors (Lipinski definition) is 3. The Bertz CT molecular complexity index is 437. The van der Waals surface area contributed by atoms with Gasteiger partial charge in [-0.1, -0.05) is 26.1 Å². The van der Waals surface area contributed by atoms with Crippen LogP contribution in [-0.2, 0) is 4.74 Å². The fourth-order valence-electron chi connectivity index (χ4n) is 1.66. The topological polar surface area (TPSA) is 47.3 Å². The van der Waals surface area contributed by atoms with Crippen molar-refractivity contribution in [3.63, 3.8) is 0 Å². The molecule has 1 unspecified atom stereocenters. The molecule has 1 rings (SSSR count). The maximum absolute atomic E-state index is 5.64. The summed E-state index contributed by atoms with van der Waals surface area (Å²) in [6, 6.07) is 6.19. The van der Waals surface area contributed by atoms with Gasteiger partial charge < -0.3 is 15.8 Å². The molecule has 0 spiro atoms. The van der Waals surface area contributed by atoms with Gasteiger partial charge in [-0.25, -0.2) is 0 Å². The third-order valence-corrected chi connectivity index (χ3v) is 3.77. The summed E-state index contributed by atoms with van der Waals surface area (Å²) in [7, 11) is 0. The lowest BCUT2D eigenvalue weighted by Crippen LogP contribution is -2.31. The number of rotatable bonds is 7. The highest BCUT2D eigenvalue weighted by Crippen LogP contribution is 2.23. The molecule has 19 heavy (non-hydrogen) atoms. The van der Waals surface area contributed by atoms with Crippen molar-refractivity contribution in [2.75, 3.05) is 18.5 Å². The molecule has 0 heterocycles. The van der Waals surface area contributed by atoms with Gasteiger partial charge in [0.15, 0.2) is 0 Å². The molecule has 0 saturated carbocycles. The zero-order valence-electron chi connectivity index (χ0n) is 11.6. The van der Waals surface area contributed by atoms with E-state index in [0.29, 0.717) is 17.5 Å². The lowest BCUT2D eigenvalue weighted by molar-refractivity contribution is 0.127. The van der Waals surface area contributed by atoms with Crippen LogP contribution in [0.4, 0.5) is 5.69 Å². The molecule has 0 aromatic heterocycles. The number of ether oxygens (including phenoxy) is 1. The van der Waals surface area contributed by atoms with Crippen LogP contribution in [-0.4, -0.2) is 24.2 Å². The van der Waals surface area contributed by atoms with Crippen molar-refractivity contribution in [2.45, 2.75) is 26.8 Å². The summed E-state index contributed by atoms with van der Waals surface area (Å²) in [6.07, 6.45) is 0. The molecular weight excluding hydrogens is 324 g/mol. The number of anilines is 1. The first-order chi connectivity index (χ1) is 8.95. The predicted molar refractivity (Wildman–Crippen MR) is 88.8 cm³/mol. The minimum absolute atomic E-state index is 0.280. The minimum atomic E-state index is 0.280. The van der Waals surface area contributed by atoms with Crippen LogP contribution in [0.25, 0.3) is 0 Å². The predicted octanol–water partition coefficient (Wildman–Crippen LogP) is 3.56. The SMILES string of the molecule is CCOCC(Nc1ccc(C(N)=S)c(Br)c1)C(C)C. The van der Waals surface area contributed by atoms with E-state index in [2.05, 4.69) is 35.1 Å². The number of nitrogens with two attached hydrogens (primary N) is 1. The summed E-state index contributed by atoms with van der Waals surface area (Å²) < 4.78 is 6.41. The van der Waals surface area contributed by atoms with Gasteiger partial charge in [-0.3, -0.25) is 0 Å². The maximum Gasteiger partial charge on any atom is 0.105 e. The average Bonchev–Trinajstić information content (AvgIpc) is 2.33. The van der Waals surface area contributed by atoms with E-state index in [4.69, 9.17) is 22.7 Å². The molecule has 1 atom stereocenters. The van der Waals surface area contributed by atoms with Crippen LogP contribution in [0, 0.1) is 5.92 Å². The summed E-state index contributed by atoms with van der Waals surface area (Å²) in [5.74, 6) is 0.487. The summed E-state index contributed by atoms with van der Waals surface area (Å²) >= 11 is 8.48. The van der Waals surface area contributed by atoms with E-state index in [9.17, 15) is 0 Å². The Kier molecular flexibility index (Phi) is 6.75. The van der Waals surface area contributed by atoms with Gasteiger partial charge in [-0.05, 0) is 47.0 Å². The van der Waals surface area contributed by atoms with Crippen LogP contribution >= 0.6 is 28.1 Å². The quantitative estimate of drug-likeness (QED) is 0.742. The zero-order valence-corrected chi connectivity index (χ0v) is 14.0. The molecule has 106 valence electrons. The van der Waals surface area contributed by atoms with E-state index in [1.807, 2.05) is 25.1 Å². The lowest BCUT2D eigenvalue weighted by atomic mass is 10.0. The maximum atomic E-state index is 5.64. The largest absolute Gasteiger partial charge is 0.389 e. The molecular formula is C14H21BrN2OS. The molecule has 0 amide bonds. The van der Waals surface area contributed by atoms with E-state index in [0.717, 1.165) is 22.3 Å². The first-order valence-corrected chi connectivity index (χ1v) is 7.59. The third-order valence-electron chi connectivity index (χ3n) is 2.89. The molecule has 5 heteroatoms. The van der Waals surface area contributed by atoms with Gasteiger partial charge in [-0.15, -0.1) is 0 Å². The molecule has 1 aromatic carbocycles. The monoisotopic (exact) mass is 344 g/mol. The highest BCUT2D eigenvalue weighted by molar-refractivity contribution is 9.10. The van der Waals surface area contributed by atoms with Crippen molar-refractivity contribution >= 4 is 38.8 Å². The first kappa shape index (κ1) is 16.4. The molecule has 3 N–H and O–H groups in total. The number of nitrogens with one attached hydrogen (secondary N) is 1. The fraction of sp³-hybridized carbons (Fsp3) is 0.500. The first-order valence-electron chi connectivity index (χ1n) is 6.39. The van der Waals surface area contributed by atoms with Crippen molar-refractivity contribution in [3.8, 4) is 0 Å². The second-order valence-corrected chi connectivity index (χ2v) is 6.01. The van der Waals surface area contributed by atoms with Crippen LogP contribution in [0.3, 0.4) is 0 Å². The second kappa shape index (κ2) is 7.82. The van der Waals surface area contributed by atoms with Crippen LogP contribution in [0.15, 0.2) is 22.7 Å². The van der Waals surface area contributed by atoms with E-state index < -0.39 is 0 Å². The fourth-order valence-corrected chi connectivity index (χ4v) is 2.57. The van der Waals surface area contributed by atoms with Crippen molar-refractivity contribution in [3.05, 3.63) is 28.2 Å². The molecule has 0 bridgehead atoms. The highest BCUT2D eigenvalue weighted by atomic mass is 79.9. The van der Waals surface area contributed by atoms with Crippen molar-refractivity contribution in [2.24, 2.45) is 11.7 Å². The molecule has 0 aliphatic rings. The zero-order chi connectivity index (χ0) is 14.4. The summed E-state index contributed by atoms with van der Waals surface area (Å²) in [5, 5.41) is 3.48. The molecule has 0 aliphatic heterocycles. The Labute approximate surface area is 129 Å². The molecule has 0 fully saturated rings. The van der Waals surface area contributed by atoms with Gasteiger partial charge in [-0.2, -0.15) is 0 Å². The Balaban J connectivity index is 2.79. The van der Waals surface area contributed by atoms with Gasteiger partial charge >= 0.3 is 0 Å². The van der Waals surface area contributed by atoms with Gasteiger partial charge in [0.2, 0.25) is 0 Å². The number of halogens is 1. The Hall–Kier alpha value is -0.650. The van der Waals surface area contributed by atoms with E-state index in [1.54, 1.807) is 0 Å². The van der Waals surface area contributed by atoms with Crippen LogP contribution < -0.4 is 11.1 Å². The standard InChI is InChI=1S/C14H21BrN2OS/c1-4-18-8-13(9(2)3)17-10-5-6-11(14(16)19)12(15)7-10/h5-7,9,13,17H,4,8H2,1-3H3,(H2,16,19). The Morgan fingerprint density at radius 1 is 1.47 bits per heavy atom. The summed E-state index contributed by atoms with van der Waals surface area (Å²) in [6.45, 7) is 7.78. The molecule has 0 radical (unpaired) electrons. The third kappa shape index (κ3) is 5.09. The van der Waals surface area contributed by atoms with Crippen molar-refractivity contribution in [1.29, 1.82) is 0 Å². The van der Waals surface area contributed by atoms with Crippen molar-refractivity contribution < 1.29 is 4.74 Å². The minimum Gasteiger partial charge on any atom is -0.389 e. The van der Waals surface area contributed by atoms with Crippen LogP contribution in [0.2, 0.25) is 0 Å². The summed E-state index contributed by atoms with van der Waals surface area (Å²) in [4.78, 5) is 0.396. The molecule has 1 aromatic rings. The molecule has 0 saturated heterocycles. The van der Waals surface area contributed by atoms with Crippen LogP contribution in [0.1, 0.15) is 26.3 Å². The van der Waals surface area contributed by atoms with Gasteiger partial charge in [0.05, 0.1) is 12.6 Å². The second-order valence-electron chi connectivity index (χ2n) is 4.71. The highest BCUT2D eigenvalue weighted by Gasteiger charge is 2.14. The van der Waals surface area contributed by atoms with Gasteiger partial charge in [0.25, 0.3) is 0 Å². The van der Waals surface area contributed by atoms with Gasteiger partial charge in [0.1, 0.15) is 4.99 Å². The van der Waals surface area contributed by atoms with E-state index in [-0.39, 0.29) is 6.04 Å². The molecule has 3 nitrogen and oxygen atoms in total. The van der Waals surface area contributed by atoms with E-state index in [1.165, 1.54) is 0 Å². The van der Waals surface area contributed by atoms with Crippen LogP contribution in [0.5, 0.6) is 0 Å². The van der Waals surface area contributed by atoms with Crippen molar-refractivity contribution in [1.82, 2.24) is 0 Å². The smallest absolute Gasteiger partial charge is 0.105 e. The number of thiocarbonyl (C=S) groups is 1. The van der Waals surface area contributed by atoms with E-state index >= 15 is 0 Å². The Morgan fingerprint density at radius 3 is 2.63 bits per heavy atom. The summed E-state index contributed by atoms with van der Waals surface area (Å²) in [5.41, 5.74) is 7.53. The number of benzene rings is 1. The molecule has 0 aliphatic carbocycles. The Morgan fingerprint density at radius 2 is 2.16 bits per heavy atom.